The average molecular weight is 432 g/mol. The summed E-state index contributed by atoms with van der Waals surface area (Å²) >= 11 is 0. The minimum atomic E-state index is -0.319. The van der Waals surface area contributed by atoms with E-state index in [-0.39, 0.29) is 29.8 Å². The Bertz CT molecular complexity index is 588. The normalized spacial score (nSPS) is 17.6. The van der Waals surface area contributed by atoms with Gasteiger partial charge < -0.3 is 15.0 Å². The van der Waals surface area contributed by atoms with Crippen molar-refractivity contribution in [2.75, 3.05) is 33.9 Å². The molecule has 1 aliphatic rings. The lowest BCUT2D eigenvalue weighted by Gasteiger charge is -2.21. The van der Waals surface area contributed by atoms with Gasteiger partial charge in [0.15, 0.2) is 5.96 Å². The van der Waals surface area contributed by atoms with Gasteiger partial charge in [-0.3, -0.25) is 4.99 Å². The molecule has 126 valence electrons. The van der Waals surface area contributed by atoms with E-state index in [2.05, 4.69) is 15.2 Å². The molecule has 0 radical (unpaired) electrons. The second kappa shape index (κ2) is 9.67. The lowest BCUT2D eigenvalue weighted by molar-refractivity contribution is 0.157. The largest absolute Gasteiger partial charge is 0.384 e. The first-order chi connectivity index (χ1) is 10.7. The van der Waals surface area contributed by atoms with Crippen LogP contribution in [0.4, 0.5) is 4.39 Å². The van der Waals surface area contributed by atoms with Crippen LogP contribution in [0.2, 0.25) is 0 Å². The van der Waals surface area contributed by atoms with E-state index < -0.39 is 0 Å². The van der Waals surface area contributed by atoms with Crippen LogP contribution in [-0.2, 0) is 11.3 Å². The van der Waals surface area contributed by atoms with E-state index in [1.54, 1.807) is 20.2 Å². The van der Waals surface area contributed by atoms with Gasteiger partial charge in [-0.1, -0.05) is 0 Å². The number of aliphatic imine (C=N–C) groups is 1. The van der Waals surface area contributed by atoms with Crippen molar-refractivity contribution in [1.82, 2.24) is 10.2 Å². The second-order valence-corrected chi connectivity index (χ2v) is 5.37. The summed E-state index contributed by atoms with van der Waals surface area (Å²) in [6.45, 7) is 2.84. The fourth-order valence-corrected chi connectivity index (χ4v) is 2.68. The summed E-state index contributed by atoms with van der Waals surface area (Å²) in [5.74, 6) is 0.934. The summed E-state index contributed by atoms with van der Waals surface area (Å²) in [6, 6.07) is 6.38. The molecule has 0 aromatic heterocycles. The van der Waals surface area contributed by atoms with Crippen LogP contribution in [0.1, 0.15) is 17.5 Å². The number of benzene rings is 1. The number of hydrogen-bond donors (Lipinski definition) is 1. The topological polar surface area (TPSA) is 60.7 Å². The molecule has 1 aliphatic heterocycles. The molecule has 0 saturated carbocycles. The maximum absolute atomic E-state index is 13.8. The maximum Gasteiger partial charge on any atom is 0.193 e. The number of guanidine groups is 1. The van der Waals surface area contributed by atoms with E-state index in [1.165, 1.54) is 12.1 Å². The molecule has 0 spiro atoms. The summed E-state index contributed by atoms with van der Waals surface area (Å²) in [4.78, 5) is 6.40. The highest BCUT2D eigenvalue weighted by Gasteiger charge is 2.24. The quantitative estimate of drug-likeness (QED) is 0.451. The number of nitriles is 1. The Labute approximate surface area is 153 Å². The van der Waals surface area contributed by atoms with Crippen molar-refractivity contribution >= 4 is 29.9 Å². The zero-order valence-electron chi connectivity index (χ0n) is 13.4. The number of methoxy groups -OCH3 is 1. The number of nitrogens with one attached hydrogen (secondary N) is 1. The first kappa shape index (κ1) is 19.6. The predicted octanol–water partition coefficient (Wildman–Crippen LogP) is 2.36. The Kier molecular flexibility index (Phi) is 8.26. The van der Waals surface area contributed by atoms with E-state index in [4.69, 9.17) is 10.00 Å². The van der Waals surface area contributed by atoms with Crippen molar-refractivity contribution in [1.29, 1.82) is 5.26 Å². The van der Waals surface area contributed by atoms with Crippen molar-refractivity contribution in [3.63, 3.8) is 0 Å². The zero-order chi connectivity index (χ0) is 15.9. The first-order valence-corrected chi connectivity index (χ1v) is 7.31. The highest BCUT2D eigenvalue weighted by Crippen LogP contribution is 2.17. The Balaban J connectivity index is 0.00000264. The third kappa shape index (κ3) is 5.32. The Morgan fingerprint density at radius 2 is 2.35 bits per heavy atom. The van der Waals surface area contributed by atoms with Crippen molar-refractivity contribution in [3.05, 3.63) is 35.1 Å². The monoisotopic (exact) mass is 432 g/mol. The second-order valence-electron chi connectivity index (χ2n) is 5.37. The van der Waals surface area contributed by atoms with Gasteiger partial charge in [-0.2, -0.15) is 5.26 Å². The highest BCUT2D eigenvalue weighted by atomic mass is 127. The van der Waals surface area contributed by atoms with Crippen molar-refractivity contribution < 1.29 is 9.13 Å². The SMILES string of the molecule is CN=C(NCc1cc(C#N)ccc1F)N1CCC(COC)C1.I. The smallest absolute Gasteiger partial charge is 0.193 e. The van der Waals surface area contributed by atoms with Crippen LogP contribution in [0.15, 0.2) is 23.2 Å². The number of likely N-dealkylation sites (tertiary alicyclic amines) is 1. The van der Waals surface area contributed by atoms with Gasteiger partial charge in [-0.25, -0.2) is 4.39 Å². The number of nitrogens with zero attached hydrogens (tertiary/aromatic N) is 3. The zero-order valence-corrected chi connectivity index (χ0v) is 15.7. The van der Waals surface area contributed by atoms with Gasteiger partial charge in [0.25, 0.3) is 0 Å². The molecule has 23 heavy (non-hydrogen) atoms. The van der Waals surface area contributed by atoms with E-state index in [0.717, 1.165) is 32.1 Å². The molecule has 5 nitrogen and oxygen atoms in total. The Morgan fingerprint density at radius 1 is 1.57 bits per heavy atom. The van der Waals surface area contributed by atoms with Crippen LogP contribution < -0.4 is 5.32 Å². The molecule has 1 N–H and O–H groups in total. The van der Waals surface area contributed by atoms with Gasteiger partial charge in [-0.15, -0.1) is 24.0 Å². The van der Waals surface area contributed by atoms with Crippen molar-refractivity contribution in [3.8, 4) is 6.07 Å². The number of hydrogen-bond acceptors (Lipinski definition) is 3. The lowest BCUT2D eigenvalue weighted by atomic mass is 10.1. The van der Waals surface area contributed by atoms with Gasteiger partial charge in [0, 0.05) is 45.3 Å². The van der Waals surface area contributed by atoms with E-state index in [0.29, 0.717) is 23.6 Å². The molecule has 1 aromatic rings. The molecule has 0 bridgehead atoms. The number of halogens is 2. The van der Waals surface area contributed by atoms with E-state index in [9.17, 15) is 4.39 Å². The van der Waals surface area contributed by atoms with Crippen LogP contribution in [0.3, 0.4) is 0 Å². The predicted molar refractivity (Wildman–Crippen MR) is 98.3 cm³/mol. The fourth-order valence-electron chi connectivity index (χ4n) is 2.68. The first-order valence-electron chi connectivity index (χ1n) is 7.31. The van der Waals surface area contributed by atoms with Crippen LogP contribution in [0.25, 0.3) is 0 Å². The van der Waals surface area contributed by atoms with Gasteiger partial charge in [0.2, 0.25) is 0 Å². The Hall–Kier alpha value is -1.40. The molecular weight excluding hydrogens is 410 g/mol. The number of ether oxygens (including phenoxy) is 1. The van der Waals surface area contributed by atoms with Gasteiger partial charge in [-0.05, 0) is 24.6 Å². The van der Waals surface area contributed by atoms with E-state index >= 15 is 0 Å². The summed E-state index contributed by atoms with van der Waals surface area (Å²) in [5.41, 5.74) is 0.919. The maximum atomic E-state index is 13.8. The Morgan fingerprint density at radius 3 is 3.00 bits per heavy atom. The summed E-state index contributed by atoms with van der Waals surface area (Å²) < 4.78 is 19.0. The molecule has 1 heterocycles. The molecule has 1 aromatic carbocycles. The molecule has 0 aliphatic carbocycles. The van der Waals surface area contributed by atoms with Gasteiger partial charge in [0.05, 0.1) is 18.2 Å². The molecule has 1 saturated heterocycles. The van der Waals surface area contributed by atoms with Crippen LogP contribution >= 0.6 is 24.0 Å². The molecule has 0 amide bonds. The van der Waals surface area contributed by atoms with Crippen LogP contribution in [0, 0.1) is 23.1 Å². The molecule has 1 atom stereocenters. The van der Waals surface area contributed by atoms with Crippen LogP contribution in [0.5, 0.6) is 0 Å². The minimum absolute atomic E-state index is 0. The standard InChI is InChI=1S/C16H21FN4O.HI/c1-19-16(21-6-5-13(10-21)11-22-2)20-9-14-7-12(8-18)3-4-15(14)17;/h3-4,7,13H,5-6,9-11H2,1-2H3,(H,19,20);1H. The van der Waals surface area contributed by atoms with E-state index in [1.807, 2.05) is 6.07 Å². The molecule has 1 unspecified atom stereocenters. The lowest BCUT2D eigenvalue weighted by Crippen LogP contribution is -2.40. The molecule has 7 heteroatoms. The molecular formula is C16H22FIN4O. The third-order valence-corrected chi connectivity index (χ3v) is 3.81. The molecule has 1 fully saturated rings. The summed E-state index contributed by atoms with van der Waals surface area (Å²) in [6.07, 6.45) is 1.06. The van der Waals surface area contributed by atoms with Gasteiger partial charge in [0.1, 0.15) is 5.82 Å². The highest BCUT2D eigenvalue weighted by molar-refractivity contribution is 14.0. The summed E-state index contributed by atoms with van der Waals surface area (Å²) in [7, 11) is 3.43. The summed E-state index contributed by atoms with van der Waals surface area (Å²) in [5, 5.41) is 12.1. The number of rotatable bonds is 4. The van der Waals surface area contributed by atoms with Crippen LogP contribution in [-0.4, -0.2) is 44.7 Å². The van der Waals surface area contributed by atoms with Crippen molar-refractivity contribution in [2.45, 2.75) is 13.0 Å². The third-order valence-electron chi connectivity index (χ3n) is 3.81. The average Bonchev–Trinajstić information content (AvgIpc) is 2.98. The minimum Gasteiger partial charge on any atom is -0.384 e. The van der Waals surface area contributed by atoms with Crippen molar-refractivity contribution in [2.24, 2.45) is 10.9 Å². The molecule has 2 rings (SSSR count). The fraction of sp³-hybridized carbons (Fsp3) is 0.500. The van der Waals surface area contributed by atoms with Gasteiger partial charge >= 0.3 is 0 Å².